The van der Waals surface area contributed by atoms with E-state index in [4.69, 9.17) is 9.15 Å². The van der Waals surface area contributed by atoms with Crippen molar-refractivity contribution in [1.29, 1.82) is 0 Å². The number of carbonyl (C=O) groups is 2. The third-order valence-corrected chi connectivity index (χ3v) is 6.37. The van der Waals surface area contributed by atoms with Crippen LogP contribution in [-0.2, 0) is 16.0 Å². The van der Waals surface area contributed by atoms with Crippen LogP contribution in [0.5, 0.6) is 0 Å². The number of H-pyrrole nitrogens is 1. The smallest absolute Gasteiger partial charge is 0.254 e. The van der Waals surface area contributed by atoms with Crippen molar-refractivity contribution < 1.29 is 18.7 Å². The van der Waals surface area contributed by atoms with Crippen LogP contribution >= 0.6 is 0 Å². The van der Waals surface area contributed by atoms with Crippen LogP contribution in [0.1, 0.15) is 34.8 Å². The second kappa shape index (κ2) is 6.44. The van der Waals surface area contributed by atoms with Gasteiger partial charge in [-0.3, -0.25) is 14.7 Å². The Labute approximate surface area is 161 Å². The lowest BCUT2D eigenvalue weighted by atomic mass is 9.73. The summed E-state index contributed by atoms with van der Waals surface area (Å²) in [5.41, 5.74) is 0.254. The molecule has 9 heteroatoms. The summed E-state index contributed by atoms with van der Waals surface area (Å²) in [6, 6.07) is 1.65. The summed E-state index contributed by atoms with van der Waals surface area (Å²) in [5.74, 6) is 1.57. The summed E-state index contributed by atoms with van der Waals surface area (Å²) >= 11 is 0. The van der Waals surface area contributed by atoms with Gasteiger partial charge in [-0.1, -0.05) is 0 Å². The number of aromatic amines is 1. The van der Waals surface area contributed by atoms with Gasteiger partial charge < -0.3 is 19.4 Å². The van der Waals surface area contributed by atoms with E-state index in [9.17, 15) is 9.59 Å². The maximum absolute atomic E-state index is 12.8. The Bertz CT molecular complexity index is 894. The van der Waals surface area contributed by atoms with Crippen LogP contribution in [0.3, 0.4) is 0 Å². The van der Waals surface area contributed by atoms with Gasteiger partial charge in [0.2, 0.25) is 5.91 Å². The predicted octanol–water partition coefficient (Wildman–Crippen LogP) is 0.685. The number of rotatable bonds is 5. The molecule has 4 atom stereocenters. The third kappa shape index (κ3) is 2.81. The van der Waals surface area contributed by atoms with Crippen LogP contribution in [-0.4, -0.2) is 63.2 Å². The number of nitrogens with zero attached hydrogens (tertiary/aromatic N) is 3. The monoisotopic (exact) mass is 385 g/mol. The van der Waals surface area contributed by atoms with Crippen LogP contribution in [0.15, 0.2) is 23.0 Å². The summed E-state index contributed by atoms with van der Waals surface area (Å²) in [6.07, 6.45) is 5.22. The fourth-order valence-corrected chi connectivity index (χ4v) is 5.07. The molecule has 3 fully saturated rings. The Morgan fingerprint density at radius 1 is 1.46 bits per heavy atom. The first-order chi connectivity index (χ1) is 13.5. The van der Waals surface area contributed by atoms with Gasteiger partial charge in [0.05, 0.1) is 36.5 Å². The summed E-state index contributed by atoms with van der Waals surface area (Å²) in [7, 11) is 0. The molecule has 2 aromatic rings. The standard InChI is InChI=1S/C19H23N5O4/c1-11-21-16(23-22-11)6-17(25)24-8-14-13(15-2-4-19(14,10-24)28-15)7-20-18(26)12-3-5-27-9-12/h3,5,9,13-15H,2,4,6-8,10H2,1H3,(H,20,26)(H,21,22,23)/t13-,14+,15+,19+/m0/s1. The second-order valence-corrected chi connectivity index (χ2v) is 8.04. The van der Waals surface area contributed by atoms with Crippen molar-refractivity contribution in [2.24, 2.45) is 11.8 Å². The van der Waals surface area contributed by atoms with Crippen LogP contribution < -0.4 is 5.32 Å². The van der Waals surface area contributed by atoms with Gasteiger partial charge in [0.1, 0.15) is 12.1 Å². The summed E-state index contributed by atoms with van der Waals surface area (Å²) in [6.45, 7) is 3.63. The van der Waals surface area contributed by atoms with Gasteiger partial charge in [0.25, 0.3) is 5.91 Å². The van der Waals surface area contributed by atoms with E-state index < -0.39 is 0 Å². The minimum absolute atomic E-state index is 0.0241. The molecule has 3 saturated heterocycles. The molecule has 0 aliphatic carbocycles. The molecule has 0 radical (unpaired) electrons. The summed E-state index contributed by atoms with van der Waals surface area (Å²) in [4.78, 5) is 31.1. The highest BCUT2D eigenvalue weighted by atomic mass is 16.5. The molecule has 5 heterocycles. The number of amides is 2. The lowest BCUT2D eigenvalue weighted by molar-refractivity contribution is -0.131. The van der Waals surface area contributed by atoms with Crippen molar-refractivity contribution >= 4 is 11.8 Å². The molecule has 2 aromatic heterocycles. The second-order valence-electron chi connectivity index (χ2n) is 8.04. The maximum atomic E-state index is 12.8. The zero-order valence-corrected chi connectivity index (χ0v) is 15.7. The molecule has 0 saturated carbocycles. The van der Waals surface area contributed by atoms with Crippen LogP contribution in [0.25, 0.3) is 0 Å². The van der Waals surface area contributed by atoms with E-state index in [1.54, 1.807) is 6.07 Å². The largest absolute Gasteiger partial charge is 0.472 e. The predicted molar refractivity (Wildman–Crippen MR) is 96.3 cm³/mol. The molecule has 5 rings (SSSR count). The Morgan fingerprint density at radius 2 is 2.36 bits per heavy atom. The quantitative estimate of drug-likeness (QED) is 0.783. The molecule has 0 unspecified atom stereocenters. The molecule has 2 bridgehead atoms. The lowest BCUT2D eigenvalue weighted by Gasteiger charge is -2.29. The number of furan rings is 1. The zero-order valence-electron chi connectivity index (χ0n) is 15.7. The van der Waals surface area contributed by atoms with Crippen molar-refractivity contribution in [3.8, 4) is 0 Å². The number of likely N-dealkylation sites (tertiary alicyclic amines) is 1. The number of hydrogen-bond acceptors (Lipinski definition) is 6. The summed E-state index contributed by atoms with van der Waals surface area (Å²) < 4.78 is 11.3. The van der Waals surface area contributed by atoms with E-state index >= 15 is 0 Å². The molecular weight excluding hydrogens is 362 g/mol. The Morgan fingerprint density at radius 3 is 3.11 bits per heavy atom. The molecule has 2 N–H and O–H groups in total. The molecule has 3 aliphatic rings. The SMILES string of the molecule is Cc1nc(CC(=O)N2C[C@@H]3[C@H](CNC(=O)c4ccoc4)[C@H]4CC[C@]3(C2)O4)n[nH]1. The van der Waals surface area contributed by atoms with Gasteiger partial charge in [0, 0.05) is 24.9 Å². The van der Waals surface area contributed by atoms with Crippen molar-refractivity contribution in [1.82, 2.24) is 25.4 Å². The van der Waals surface area contributed by atoms with Crippen LogP contribution in [0, 0.1) is 18.8 Å². The van der Waals surface area contributed by atoms with E-state index in [2.05, 4.69) is 20.5 Å². The van der Waals surface area contributed by atoms with Crippen molar-refractivity contribution in [3.63, 3.8) is 0 Å². The zero-order chi connectivity index (χ0) is 19.3. The topological polar surface area (TPSA) is 113 Å². The number of fused-ring (bicyclic) bond motifs is 1. The third-order valence-electron chi connectivity index (χ3n) is 6.37. The van der Waals surface area contributed by atoms with E-state index in [1.165, 1.54) is 12.5 Å². The van der Waals surface area contributed by atoms with Gasteiger partial charge in [0.15, 0.2) is 5.82 Å². The van der Waals surface area contributed by atoms with E-state index in [-0.39, 0.29) is 41.8 Å². The van der Waals surface area contributed by atoms with Crippen molar-refractivity contribution in [3.05, 3.63) is 35.8 Å². The Balaban J connectivity index is 1.24. The average molecular weight is 385 g/mol. The molecule has 0 aromatic carbocycles. The van der Waals surface area contributed by atoms with Gasteiger partial charge in [-0.25, -0.2) is 4.98 Å². The Hall–Kier alpha value is -2.68. The fourth-order valence-electron chi connectivity index (χ4n) is 5.07. The number of nitrogens with one attached hydrogen (secondary N) is 2. The van der Waals surface area contributed by atoms with Gasteiger partial charge in [-0.2, -0.15) is 5.10 Å². The van der Waals surface area contributed by atoms with Crippen LogP contribution in [0.2, 0.25) is 0 Å². The van der Waals surface area contributed by atoms with Gasteiger partial charge >= 0.3 is 0 Å². The maximum Gasteiger partial charge on any atom is 0.254 e. The first-order valence-electron chi connectivity index (χ1n) is 9.68. The van der Waals surface area contributed by atoms with Gasteiger partial charge in [-0.05, 0) is 25.8 Å². The first-order valence-corrected chi connectivity index (χ1v) is 9.68. The molecular formula is C19H23N5O4. The first kappa shape index (κ1) is 17.4. The van der Waals surface area contributed by atoms with Gasteiger partial charge in [-0.15, -0.1) is 0 Å². The molecule has 2 amide bonds. The normalized spacial score (nSPS) is 30.6. The van der Waals surface area contributed by atoms with E-state index in [0.717, 1.165) is 12.8 Å². The minimum atomic E-state index is -0.264. The number of ether oxygens (including phenoxy) is 1. The number of aromatic nitrogens is 3. The highest BCUT2D eigenvalue weighted by Gasteiger charge is 2.63. The summed E-state index contributed by atoms with van der Waals surface area (Å²) in [5, 5.41) is 9.84. The van der Waals surface area contributed by atoms with Crippen molar-refractivity contribution in [2.45, 2.75) is 37.9 Å². The molecule has 148 valence electrons. The highest BCUT2D eigenvalue weighted by Crippen LogP contribution is 2.54. The number of aryl methyl sites for hydroxylation is 1. The fraction of sp³-hybridized carbons (Fsp3) is 0.579. The van der Waals surface area contributed by atoms with E-state index in [0.29, 0.717) is 36.8 Å². The van der Waals surface area contributed by atoms with Crippen LogP contribution in [0.4, 0.5) is 0 Å². The number of hydrogen-bond donors (Lipinski definition) is 2. The average Bonchev–Trinajstić information content (AvgIpc) is 3.46. The Kier molecular flexibility index (Phi) is 4.01. The minimum Gasteiger partial charge on any atom is -0.472 e. The van der Waals surface area contributed by atoms with Crippen molar-refractivity contribution in [2.75, 3.05) is 19.6 Å². The highest BCUT2D eigenvalue weighted by molar-refractivity contribution is 5.93. The lowest BCUT2D eigenvalue weighted by Crippen LogP contribution is -2.41. The molecule has 3 aliphatic heterocycles. The molecule has 1 spiro atoms. The molecule has 28 heavy (non-hydrogen) atoms. The number of carbonyl (C=O) groups excluding carboxylic acids is 2. The molecule has 9 nitrogen and oxygen atoms in total. The van der Waals surface area contributed by atoms with E-state index in [1.807, 2.05) is 11.8 Å².